The molecule has 130 valence electrons. The minimum Gasteiger partial charge on any atom is -0.477 e. The summed E-state index contributed by atoms with van der Waals surface area (Å²) in [5, 5.41) is 6.85. The number of hydrogen-bond donors (Lipinski definition) is 2. The first-order chi connectivity index (χ1) is 10.8. The third-order valence-corrected chi connectivity index (χ3v) is 3.95. The fourth-order valence-electron chi connectivity index (χ4n) is 2.64. The van der Waals surface area contributed by atoms with Crippen LogP contribution in [0.3, 0.4) is 0 Å². The number of aliphatic imine (C=N–C) groups is 1. The summed E-state index contributed by atoms with van der Waals surface area (Å²) in [5.41, 5.74) is 1.06. The van der Waals surface area contributed by atoms with Gasteiger partial charge in [-0.2, -0.15) is 0 Å². The molecule has 0 aromatic carbocycles. The zero-order chi connectivity index (χ0) is 15.6. The van der Waals surface area contributed by atoms with E-state index in [1.807, 2.05) is 19.2 Å². The molecule has 1 aliphatic carbocycles. The summed E-state index contributed by atoms with van der Waals surface area (Å²) in [6.07, 6.45) is 9.04. The number of unbranched alkanes of at least 4 members (excludes halogenated alkanes) is 1. The number of nitrogens with zero attached hydrogens (tertiary/aromatic N) is 2. The van der Waals surface area contributed by atoms with Crippen LogP contribution >= 0.6 is 24.0 Å². The molecule has 0 aliphatic heterocycles. The highest BCUT2D eigenvalue weighted by molar-refractivity contribution is 14.0. The van der Waals surface area contributed by atoms with Gasteiger partial charge in [-0.3, -0.25) is 4.99 Å². The van der Waals surface area contributed by atoms with E-state index in [-0.39, 0.29) is 24.0 Å². The third kappa shape index (κ3) is 6.93. The number of aromatic nitrogens is 1. The van der Waals surface area contributed by atoms with Crippen LogP contribution in [0.1, 0.15) is 51.0 Å². The van der Waals surface area contributed by atoms with Crippen LogP contribution in [0.2, 0.25) is 0 Å². The van der Waals surface area contributed by atoms with Gasteiger partial charge < -0.3 is 15.4 Å². The Bertz CT molecular complexity index is 475. The summed E-state index contributed by atoms with van der Waals surface area (Å²) in [6, 6.07) is 4.54. The van der Waals surface area contributed by atoms with Gasteiger partial charge in [-0.15, -0.1) is 24.0 Å². The van der Waals surface area contributed by atoms with Gasteiger partial charge in [-0.1, -0.05) is 32.3 Å². The second-order valence-corrected chi connectivity index (χ2v) is 5.72. The summed E-state index contributed by atoms with van der Waals surface area (Å²) in [4.78, 5) is 8.64. The van der Waals surface area contributed by atoms with Crippen molar-refractivity contribution in [3.8, 4) is 5.88 Å². The molecule has 1 saturated carbocycles. The molecular weight excluding hydrogens is 403 g/mol. The minimum absolute atomic E-state index is 0. The van der Waals surface area contributed by atoms with E-state index in [0.29, 0.717) is 12.6 Å². The van der Waals surface area contributed by atoms with E-state index in [1.54, 1.807) is 6.20 Å². The number of ether oxygens (including phenoxy) is 1. The Morgan fingerprint density at radius 2 is 2.17 bits per heavy atom. The molecule has 0 unspecified atom stereocenters. The fraction of sp³-hybridized carbons (Fsp3) is 0.647. The second-order valence-electron chi connectivity index (χ2n) is 5.72. The topological polar surface area (TPSA) is 58.5 Å². The van der Waals surface area contributed by atoms with Gasteiger partial charge in [0.15, 0.2) is 5.96 Å². The minimum atomic E-state index is 0. The van der Waals surface area contributed by atoms with Crippen molar-refractivity contribution < 1.29 is 4.74 Å². The van der Waals surface area contributed by atoms with Crippen LogP contribution < -0.4 is 15.4 Å². The first-order valence-electron chi connectivity index (χ1n) is 8.37. The van der Waals surface area contributed by atoms with Gasteiger partial charge in [0.05, 0.1) is 6.61 Å². The maximum Gasteiger partial charge on any atom is 0.218 e. The van der Waals surface area contributed by atoms with Gasteiger partial charge >= 0.3 is 0 Å². The van der Waals surface area contributed by atoms with E-state index >= 15 is 0 Å². The van der Waals surface area contributed by atoms with Crippen LogP contribution in [0.4, 0.5) is 0 Å². The van der Waals surface area contributed by atoms with E-state index in [2.05, 4.69) is 27.5 Å². The number of pyridine rings is 1. The van der Waals surface area contributed by atoms with E-state index in [4.69, 9.17) is 4.74 Å². The number of halogens is 1. The average molecular weight is 432 g/mol. The Morgan fingerprint density at radius 3 is 2.87 bits per heavy atom. The molecule has 23 heavy (non-hydrogen) atoms. The van der Waals surface area contributed by atoms with Crippen molar-refractivity contribution in [2.75, 3.05) is 13.7 Å². The molecule has 0 saturated heterocycles. The maximum atomic E-state index is 5.77. The lowest BCUT2D eigenvalue weighted by molar-refractivity contribution is 0.294. The van der Waals surface area contributed by atoms with E-state index in [9.17, 15) is 0 Å². The van der Waals surface area contributed by atoms with Crippen molar-refractivity contribution in [3.05, 3.63) is 23.9 Å². The fourth-order valence-corrected chi connectivity index (χ4v) is 2.64. The molecular formula is C17H29IN4O. The predicted molar refractivity (Wildman–Crippen MR) is 106 cm³/mol. The number of guanidine groups is 1. The molecule has 0 spiro atoms. The maximum absolute atomic E-state index is 5.77. The average Bonchev–Trinajstić information content (AvgIpc) is 3.06. The summed E-state index contributed by atoms with van der Waals surface area (Å²) < 4.78 is 5.77. The molecule has 1 aromatic rings. The highest BCUT2D eigenvalue weighted by Gasteiger charge is 2.16. The van der Waals surface area contributed by atoms with Crippen molar-refractivity contribution in [2.24, 2.45) is 4.99 Å². The summed E-state index contributed by atoms with van der Waals surface area (Å²) in [6.45, 7) is 3.54. The van der Waals surface area contributed by atoms with Crippen LogP contribution in [-0.2, 0) is 6.54 Å². The Kier molecular flexibility index (Phi) is 9.98. The zero-order valence-electron chi connectivity index (χ0n) is 14.2. The predicted octanol–water partition coefficient (Wildman–Crippen LogP) is 3.49. The second kappa shape index (κ2) is 11.5. The third-order valence-electron chi connectivity index (χ3n) is 3.95. The van der Waals surface area contributed by atoms with Crippen LogP contribution in [0.25, 0.3) is 0 Å². The van der Waals surface area contributed by atoms with E-state index in [1.165, 1.54) is 25.7 Å². The highest BCUT2D eigenvalue weighted by Crippen LogP contribution is 2.18. The standard InChI is InChI=1S/C17H28N4O.HI/c1-3-4-12-22-16-14(8-7-11-19-16)13-20-17(18-2)21-15-9-5-6-10-15;/h7-8,11,15H,3-6,9-10,12-13H2,1-2H3,(H2,18,20,21);1H. The highest BCUT2D eigenvalue weighted by atomic mass is 127. The molecule has 0 bridgehead atoms. The molecule has 6 heteroatoms. The van der Waals surface area contributed by atoms with Crippen molar-refractivity contribution >= 4 is 29.9 Å². The molecule has 0 atom stereocenters. The zero-order valence-corrected chi connectivity index (χ0v) is 16.5. The van der Waals surface area contributed by atoms with Crippen molar-refractivity contribution in [1.29, 1.82) is 0 Å². The summed E-state index contributed by atoms with van der Waals surface area (Å²) in [7, 11) is 1.81. The summed E-state index contributed by atoms with van der Waals surface area (Å²) >= 11 is 0. The normalized spacial score (nSPS) is 15.1. The van der Waals surface area contributed by atoms with E-state index < -0.39 is 0 Å². The number of nitrogens with one attached hydrogen (secondary N) is 2. The smallest absolute Gasteiger partial charge is 0.218 e. The van der Waals surface area contributed by atoms with Crippen molar-refractivity contribution in [1.82, 2.24) is 15.6 Å². The van der Waals surface area contributed by atoms with Crippen LogP contribution in [-0.4, -0.2) is 30.6 Å². The molecule has 2 rings (SSSR count). The van der Waals surface area contributed by atoms with E-state index in [0.717, 1.165) is 36.9 Å². The molecule has 1 heterocycles. The van der Waals surface area contributed by atoms with Crippen molar-refractivity contribution in [2.45, 2.75) is 58.0 Å². The first-order valence-corrected chi connectivity index (χ1v) is 8.37. The molecule has 1 aromatic heterocycles. The Balaban J connectivity index is 0.00000264. The lowest BCUT2D eigenvalue weighted by atomic mass is 10.2. The quantitative estimate of drug-likeness (QED) is 0.300. The Morgan fingerprint density at radius 1 is 1.39 bits per heavy atom. The van der Waals surface area contributed by atoms with Gasteiger partial charge in [-0.25, -0.2) is 4.98 Å². The van der Waals surface area contributed by atoms with Gasteiger partial charge in [0, 0.05) is 31.4 Å². The Hall–Kier alpha value is -1.05. The monoisotopic (exact) mass is 432 g/mol. The molecule has 1 fully saturated rings. The van der Waals surface area contributed by atoms with Gasteiger partial charge in [0.1, 0.15) is 0 Å². The van der Waals surface area contributed by atoms with Gasteiger partial charge in [0.2, 0.25) is 5.88 Å². The number of hydrogen-bond acceptors (Lipinski definition) is 3. The number of rotatable bonds is 7. The first kappa shape index (κ1) is 20.0. The SMILES string of the molecule is CCCCOc1ncccc1CNC(=NC)NC1CCCC1.I. The molecule has 2 N–H and O–H groups in total. The van der Waals surface area contributed by atoms with Crippen LogP contribution in [0.15, 0.2) is 23.3 Å². The van der Waals surface area contributed by atoms with Gasteiger partial charge in [-0.05, 0) is 25.3 Å². The molecule has 1 aliphatic rings. The summed E-state index contributed by atoms with van der Waals surface area (Å²) in [5.74, 6) is 1.58. The van der Waals surface area contributed by atoms with Crippen molar-refractivity contribution in [3.63, 3.8) is 0 Å². The molecule has 0 radical (unpaired) electrons. The lowest BCUT2D eigenvalue weighted by Crippen LogP contribution is -2.42. The van der Waals surface area contributed by atoms with Gasteiger partial charge in [0.25, 0.3) is 0 Å². The van der Waals surface area contributed by atoms with Crippen LogP contribution in [0, 0.1) is 0 Å². The molecule has 0 amide bonds. The lowest BCUT2D eigenvalue weighted by Gasteiger charge is -2.17. The largest absolute Gasteiger partial charge is 0.477 e. The Labute approximate surface area is 156 Å². The van der Waals surface area contributed by atoms with Crippen LogP contribution in [0.5, 0.6) is 5.88 Å². The molecule has 5 nitrogen and oxygen atoms in total.